The molecule has 214 valence electrons. The van der Waals surface area contributed by atoms with Crippen molar-refractivity contribution in [3.63, 3.8) is 0 Å². The molecule has 2 aromatic carbocycles. The molecule has 2 heterocycles. The Kier molecular flexibility index (Phi) is 8.71. The number of thioether (sulfide) groups is 1. The molecule has 2 aromatic rings. The second kappa shape index (κ2) is 11.9. The largest absolute Gasteiger partial charge is 0.479 e. The molecule has 0 aromatic heterocycles. The second-order valence-corrected chi connectivity index (χ2v) is 13.0. The minimum atomic E-state index is -4.78. The highest BCUT2D eigenvalue weighted by molar-refractivity contribution is 7.99. The molecular weight excluding hydrogens is 560 g/mol. The highest BCUT2D eigenvalue weighted by Crippen LogP contribution is 2.36. The van der Waals surface area contributed by atoms with Gasteiger partial charge in [-0.15, -0.1) is 0 Å². The maximum absolute atomic E-state index is 13.9. The molecule has 2 aliphatic rings. The van der Waals surface area contributed by atoms with E-state index in [2.05, 4.69) is 5.32 Å². The van der Waals surface area contributed by atoms with Crippen molar-refractivity contribution < 1.29 is 37.4 Å². The zero-order valence-corrected chi connectivity index (χ0v) is 23.4. The van der Waals surface area contributed by atoms with E-state index in [9.17, 15) is 32.7 Å². The molecular formula is C26H30N4O8S2. The van der Waals surface area contributed by atoms with Crippen LogP contribution in [0.1, 0.15) is 30.1 Å². The Hall–Kier alpha value is -3.62. The predicted molar refractivity (Wildman–Crippen MR) is 148 cm³/mol. The first-order chi connectivity index (χ1) is 19.0. The number of carbonyl (C=O) groups is 4. The van der Waals surface area contributed by atoms with Crippen molar-refractivity contribution in [2.24, 2.45) is 5.73 Å². The van der Waals surface area contributed by atoms with Crippen LogP contribution >= 0.6 is 11.8 Å². The molecule has 2 fully saturated rings. The van der Waals surface area contributed by atoms with Crippen molar-refractivity contribution in [1.29, 1.82) is 0 Å². The Morgan fingerprint density at radius 2 is 1.70 bits per heavy atom. The number of benzene rings is 2. The quantitative estimate of drug-likeness (QED) is 0.410. The topological polar surface area (TPSA) is 176 Å². The molecule has 2 aliphatic heterocycles. The molecule has 14 heteroatoms. The van der Waals surface area contributed by atoms with Crippen LogP contribution in [0, 0.1) is 0 Å². The highest BCUT2D eigenvalue weighted by atomic mass is 32.2. The number of rotatable bonds is 8. The minimum absolute atomic E-state index is 0.0184. The van der Waals surface area contributed by atoms with Crippen LogP contribution in [-0.2, 0) is 19.4 Å². The lowest BCUT2D eigenvalue weighted by Crippen LogP contribution is -2.63. The number of aliphatic carboxylic acids is 1. The fourth-order valence-electron chi connectivity index (χ4n) is 4.57. The van der Waals surface area contributed by atoms with E-state index in [1.54, 1.807) is 16.7 Å². The molecule has 12 nitrogen and oxygen atoms in total. The van der Waals surface area contributed by atoms with Crippen LogP contribution in [-0.4, -0.2) is 84.4 Å². The lowest BCUT2D eigenvalue weighted by molar-refractivity contribution is -0.141. The molecule has 2 saturated heterocycles. The van der Waals surface area contributed by atoms with Gasteiger partial charge in [-0.1, -0.05) is 0 Å². The third kappa shape index (κ3) is 5.64. The summed E-state index contributed by atoms with van der Waals surface area (Å²) in [7, 11) is -4.78. The number of hydrogen-bond donors (Lipinski definition) is 3. The zero-order chi connectivity index (χ0) is 29.1. The van der Waals surface area contributed by atoms with Crippen molar-refractivity contribution in [3.8, 4) is 5.75 Å². The molecule has 0 radical (unpaired) electrons. The third-order valence-electron chi connectivity index (χ3n) is 6.94. The van der Waals surface area contributed by atoms with E-state index in [1.165, 1.54) is 36.4 Å². The van der Waals surface area contributed by atoms with Gasteiger partial charge in [-0.05, 0) is 74.8 Å². The van der Waals surface area contributed by atoms with Crippen molar-refractivity contribution in [2.75, 3.05) is 36.0 Å². The number of anilines is 1. The minimum Gasteiger partial charge on any atom is -0.479 e. The number of carboxylic acids is 1. The molecule has 2 atom stereocenters. The summed E-state index contributed by atoms with van der Waals surface area (Å²) >= 11 is 1.74. The predicted octanol–water partition coefficient (Wildman–Crippen LogP) is 1.69. The molecule has 0 spiro atoms. The number of carboxylic acid groups (broad SMARTS) is 1. The maximum Gasteiger partial charge on any atom is 0.415 e. The number of ether oxygens (including phenoxy) is 1. The van der Waals surface area contributed by atoms with Gasteiger partial charge in [0.05, 0.1) is 10.9 Å². The molecule has 4 rings (SSSR count). The Morgan fingerprint density at radius 1 is 1.07 bits per heavy atom. The van der Waals surface area contributed by atoms with Gasteiger partial charge in [-0.2, -0.15) is 11.8 Å². The summed E-state index contributed by atoms with van der Waals surface area (Å²) in [5.74, 6) is -1.55. The van der Waals surface area contributed by atoms with Gasteiger partial charge in [0, 0.05) is 35.8 Å². The van der Waals surface area contributed by atoms with E-state index in [0.717, 1.165) is 35.5 Å². The van der Waals surface area contributed by atoms with Gasteiger partial charge >= 0.3 is 12.1 Å². The molecule has 0 aliphatic carbocycles. The molecule has 40 heavy (non-hydrogen) atoms. The number of carbonyl (C=O) groups excluding carboxylic acids is 3. The molecule has 3 amide bonds. The van der Waals surface area contributed by atoms with Crippen molar-refractivity contribution in [1.82, 2.24) is 10.2 Å². The van der Waals surface area contributed by atoms with Crippen molar-refractivity contribution >= 4 is 51.2 Å². The Morgan fingerprint density at radius 3 is 2.23 bits per heavy atom. The molecule has 0 unspecified atom stereocenters. The summed E-state index contributed by atoms with van der Waals surface area (Å²) in [5.41, 5.74) is 5.26. The van der Waals surface area contributed by atoms with Crippen LogP contribution < -0.4 is 20.7 Å². The lowest BCUT2D eigenvalue weighted by Gasteiger charge is -2.38. The summed E-state index contributed by atoms with van der Waals surface area (Å²) in [6, 6.07) is 9.14. The van der Waals surface area contributed by atoms with Gasteiger partial charge in [0.2, 0.25) is 26.5 Å². The zero-order valence-electron chi connectivity index (χ0n) is 21.7. The smallest absolute Gasteiger partial charge is 0.415 e. The first-order valence-electron chi connectivity index (χ1n) is 12.6. The Balaban J connectivity index is 1.73. The van der Waals surface area contributed by atoms with Gasteiger partial charge in [0.15, 0.2) is 0 Å². The van der Waals surface area contributed by atoms with Crippen LogP contribution in [0.2, 0.25) is 0 Å². The Labute approximate surface area is 235 Å². The van der Waals surface area contributed by atoms with E-state index in [-0.39, 0.29) is 17.0 Å². The van der Waals surface area contributed by atoms with E-state index in [1.807, 2.05) is 0 Å². The first-order valence-corrected chi connectivity index (χ1v) is 15.2. The summed E-state index contributed by atoms with van der Waals surface area (Å²) in [6.45, 7) is 2.56. The summed E-state index contributed by atoms with van der Waals surface area (Å²) in [6.07, 6.45) is 0.509. The fraction of sp³-hybridized carbons (Fsp3) is 0.385. The molecule has 4 N–H and O–H groups in total. The lowest BCUT2D eigenvalue weighted by atomic mass is 10.1. The van der Waals surface area contributed by atoms with Crippen LogP contribution in [0.4, 0.5) is 10.5 Å². The van der Waals surface area contributed by atoms with E-state index >= 15 is 0 Å². The van der Waals surface area contributed by atoms with Crippen LogP contribution in [0.15, 0.2) is 53.4 Å². The van der Waals surface area contributed by atoms with Crippen molar-refractivity contribution in [3.05, 3.63) is 54.1 Å². The number of nitrogens with two attached hydrogens (primary N) is 1. The van der Waals surface area contributed by atoms with Gasteiger partial charge in [-0.25, -0.2) is 18.0 Å². The van der Waals surface area contributed by atoms with Gasteiger partial charge in [-0.3, -0.25) is 14.5 Å². The standard InChI is InChI=1S/C26H30N4O8S2/c1-26(24(33)34,40(36,37)20-10-4-17(5-11-20)22(27)31)30(23(32)21-3-2-12-28-21)18-6-8-19(9-7-18)38-25(35)29-13-15-39-16-14-29/h4-11,21,28H,2-3,12-16H2,1H3,(H2,27,31)(H,33,34)/t21-,26+/m0/s1. The van der Waals surface area contributed by atoms with Gasteiger partial charge < -0.3 is 25.8 Å². The van der Waals surface area contributed by atoms with Gasteiger partial charge in [0.25, 0.3) is 0 Å². The third-order valence-corrected chi connectivity index (χ3v) is 10.2. The average molecular weight is 591 g/mol. The second-order valence-electron chi connectivity index (χ2n) is 9.46. The van der Waals surface area contributed by atoms with Crippen molar-refractivity contribution in [2.45, 2.75) is 35.6 Å². The highest BCUT2D eigenvalue weighted by Gasteiger charge is 2.56. The first kappa shape index (κ1) is 29.4. The number of amides is 3. The number of sulfone groups is 1. The van der Waals surface area contributed by atoms with Crippen LogP contribution in [0.5, 0.6) is 5.75 Å². The molecule has 0 saturated carbocycles. The Bertz CT molecular complexity index is 1390. The monoisotopic (exact) mass is 590 g/mol. The summed E-state index contributed by atoms with van der Waals surface area (Å²) < 4.78 is 33.3. The summed E-state index contributed by atoms with van der Waals surface area (Å²) in [4.78, 5) is 49.7. The average Bonchev–Trinajstić information content (AvgIpc) is 3.49. The van der Waals surface area contributed by atoms with E-state index in [4.69, 9.17) is 10.5 Å². The normalized spacial score (nSPS) is 18.9. The number of primary amides is 1. The SMILES string of the molecule is C[C@@](C(=O)O)(N(C(=O)[C@@H]1CCCN1)c1ccc(OC(=O)N2CCSCC2)cc1)S(=O)(=O)c1ccc(C(N)=O)cc1. The number of hydrogen-bond acceptors (Lipinski definition) is 9. The maximum atomic E-state index is 13.9. The molecule has 0 bridgehead atoms. The fourth-order valence-corrected chi connectivity index (χ4v) is 7.09. The van der Waals surface area contributed by atoms with E-state index < -0.39 is 49.5 Å². The van der Waals surface area contributed by atoms with E-state index in [0.29, 0.717) is 32.5 Å². The number of nitrogens with zero attached hydrogens (tertiary/aromatic N) is 2. The number of nitrogens with one attached hydrogen (secondary N) is 1. The van der Waals surface area contributed by atoms with Crippen LogP contribution in [0.25, 0.3) is 0 Å². The van der Waals surface area contributed by atoms with Crippen LogP contribution in [0.3, 0.4) is 0 Å². The summed E-state index contributed by atoms with van der Waals surface area (Å²) in [5, 5.41) is 13.4. The van der Waals surface area contributed by atoms with Gasteiger partial charge in [0.1, 0.15) is 5.75 Å².